The van der Waals surface area contributed by atoms with Crippen LogP contribution in [0.4, 0.5) is 11.4 Å². The summed E-state index contributed by atoms with van der Waals surface area (Å²) in [6.07, 6.45) is 2.46. The molecule has 1 aliphatic heterocycles. The summed E-state index contributed by atoms with van der Waals surface area (Å²) in [7, 11) is -3.82. The fourth-order valence-corrected chi connectivity index (χ4v) is 4.96. The number of aryl methyl sites for hydroxylation is 1. The van der Waals surface area contributed by atoms with Crippen LogP contribution in [0.5, 0.6) is 0 Å². The fraction of sp³-hybridized carbons (Fsp3) is 0.300. The lowest BCUT2D eigenvalue weighted by molar-refractivity contribution is -0.115. The Morgan fingerprint density at radius 1 is 1.21 bits per heavy atom. The molecule has 2 N–H and O–H groups in total. The Morgan fingerprint density at radius 2 is 1.96 bits per heavy atom. The first kappa shape index (κ1) is 20.4. The number of carbonyl (C=O) groups is 1. The molecule has 28 heavy (non-hydrogen) atoms. The van der Waals surface area contributed by atoms with Crippen molar-refractivity contribution in [1.29, 1.82) is 5.41 Å². The van der Waals surface area contributed by atoms with Crippen molar-refractivity contribution in [2.75, 3.05) is 16.2 Å². The number of hydrogen-bond acceptors (Lipinski definition) is 4. The molecule has 3 rings (SSSR count). The molecule has 0 spiro atoms. The Hall–Kier alpha value is -2.38. The van der Waals surface area contributed by atoms with Crippen molar-refractivity contribution in [3.05, 3.63) is 53.1 Å². The van der Waals surface area contributed by atoms with E-state index >= 15 is 0 Å². The first-order chi connectivity index (χ1) is 13.3. The summed E-state index contributed by atoms with van der Waals surface area (Å²) in [4.78, 5) is 12.0. The molecule has 6 nitrogen and oxygen atoms in total. The van der Waals surface area contributed by atoms with Crippen LogP contribution in [0, 0.1) is 5.41 Å². The van der Waals surface area contributed by atoms with Gasteiger partial charge in [-0.15, -0.1) is 0 Å². The summed E-state index contributed by atoms with van der Waals surface area (Å²) in [5.41, 5.74) is 2.13. The molecule has 1 amide bonds. The van der Waals surface area contributed by atoms with Gasteiger partial charge >= 0.3 is 0 Å². The van der Waals surface area contributed by atoms with Crippen LogP contribution in [0.15, 0.2) is 47.4 Å². The SMILES string of the molecule is CC(=N)CC(=O)Nc1cc(S(=O)(=O)N2CCCCc3ccccc32)ccc1Cl. The van der Waals surface area contributed by atoms with E-state index in [0.29, 0.717) is 12.2 Å². The Balaban J connectivity index is 1.97. The van der Waals surface area contributed by atoms with Gasteiger partial charge in [-0.3, -0.25) is 9.10 Å². The highest BCUT2D eigenvalue weighted by molar-refractivity contribution is 7.92. The van der Waals surface area contributed by atoms with Crippen molar-refractivity contribution in [2.45, 2.75) is 37.5 Å². The number of rotatable bonds is 5. The first-order valence-corrected chi connectivity index (χ1v) is 10.8. The summed E-state index contributed by atoms with van der Waals surface area (Å²) in [6.45, 7) is 1.93. The van der Waals surface area contributed by atoms with Crippen LogP contribution >= 0.6 is 11.6 Å². The number of sulfonamides is 1. The molecule has 1 aliphatic rings. The third-order valence-electron chi connectivity index (χ3n) is 4.54. The monoisotopic (exact) mass is 419 g/mol. The highest BCUT2D eigenvalue weighted by atomic mass is 35.5. The molecule has 2 aromatic rings. The van der Waals surface area contributed by atoms with E-state index in [0.717, 1.165) is 24.8 Å². The van der Waals surface area contributed by atoms with Crippen LogP contribution in [-0.2, 0) is 21.2 Å². The summed E-state index contributed by atoms with van der Waals surface area (Å²) >= 11 is 6.14. The largest absolute Gasteiger partial charge is 0.324 e. The molecule has 0 bridgehead atoms. The predicted octanol–water partition coefficient (Wildman–Crippen LogP) is 4.24. The zero-order chi connectivity index (χ0) is 20.3. The van der Waals surface area contributed by atoms with Crippen molar-refractivity contribution < 1.29 is 13.2 Å². The molecule has 0 radical (unpaired) electrons. The second kappa shape index (κ2) is 8.32. The number of nitrogens with one attached hydrogen (secondary N) is 2. The topological polar surface area (TPSA) is 90.3 Å². The maximum absolute atomic E-state index is 13.4. The lowest BCUT2D eigenvalue weighted by atomic mass is 10.1. The number of carbonyl (C=O) groups excluding carboxylic acids is 1. The number of fused-ring (bicyclic) bond motifs is 1. The molecule has 0 atom stereocenters. The maximum atomic E-state index is 13.4. The van der Waals surface area contributed by atoms with Crippen LogP contribution in [0.2, 0.25) is 5.02 Å². The van der Waals surface area contributed by atoms with Crippen molar-refractivity contribution in [3.8, 4) is 0 Å². The van der Waals surface area contributed by atoms with Gasteiger partial charge in [-0.05, 0) is 56.0 Å². The third-order valence-corrected chi connectivity index (χ3v) is 6.68. The molecule has 0 aliphatic carbocycles. The second-order valence-corrected chi connectivity index (χ2v) is 9.08. The van der Waals surface area contributed by atoms with E-state index in [-0.39, 0.29) is 27.7 Å². The molecule has 0 aromatic heterocycles. The van der Waals surface area contributed by atoms with Crippen molar-refractivity contribution in [3.63, 3.8) is 0 Å². The number of benzene rings is 2. The van der Waals surface area contributed by atoms with Crippen LogP contribution in [0.1, 0.15) is 31.7 Å². The molecule has 2 aromatic carbocycles. The number of anilines is 2. The molecular weight excluding hydrogens is 398 g/mol. The Kier molecular flexibility index (Phi) is 6.05. The van der Waals surface area contributed by atoms with E-state index in [1.54, 1.807) is 0 Å². The summed E-state index contributed by atoms with van der Waals surface area (Å²) in [5.74, 6) is -0.413. The van der Waals surface area contributed by atoms with E-state index in [4.69, 9.17) is 17.0 Å². The van der Waals surface area contributed by atoms with E-state index in [9.17, 15) is 13.2 Å². The van der Waals surface area contributed by atoms with Crippen LogP contribution in [0.25, 0.3) is 0 Å². The average Bonchev–Trinajstić information content (AvgIpc) is 2.85. The number of amides is 1. The zero-order valence-electron chi connectivity index (χ0n) is 15.5. The van der Waals surface area contributed by atoms with Gasteiger partial charge in [-0.1, -0.05) is 29.8 Å². The highest BCUT2D eigenvalue weighted by Gasteiger charge is 2.28. The molecule has 8 heteroatoms. The molecule has 0 saturated heterocycles. The molecule has 148 valence electrons. The lowest BCUT2D eigenvalue weighted by Gasteiger charge is -2.25. The van der Waals surface area contributed by atoms with E-state index < -0.39 is 15.9 Å². The third kappa shape index (κ3) is 4.36. The second-order valence-electron chi connectivity index (χ2n) is 6.81. The number of para-hydroxylation sites is 1. The molecular formula is C20H22ClN3O3S. The first-order valence-electron chi connectivity index (χ1n) is 9.03. The lowest BCUT2D eigenvalue weighted by Crippen LogP contribution is -2.32. The number of halogens is 1. The van der Waals surface area contributed by atoms with Gasteiger partial charge in [0.15, 0.2) is 0 Å². The minimum Gasteiger partial charge on any atom is -0.324 e. The van der Waals surface area contributed by atoms with Crippen molar-refractivity contribution >= 4 is 44.6 Å². The standard InChI is InChI=1S/C20H22ClN3O3S/c1-14(22)12-20(25)23-18-13-16(9-10-17(18)21)28(26,27)24-11-5-4-7-15-6-2-3-8-19(15)24/h2-3,6,8-10,13,22H,4-5,7,11-12H2,1H3,(H,23,25). The van der Waals surface area contributed by atoms with Gasteiger partial charge in [-0.25, -0.2) is 8.42 Å². The highest BCUT2D eigenvalue weighted by Crippen LogP contribution is 2.33. The minimum absolute atomic E-state index is 0.0653. The fourth-order valence-electron chi connectivity index (χ4n) is 3.23. The molecule has 1 heterocycles. The molecule has 0 unspecified atom stereocenters. The molecule has 0 saturated carbocycles. The van der Waals surface area contributed by atoms with Gasteiger partial charge in [0, 0.05) is 12.3 Å². The van der Waals surface area contributed by atoms with Gasteiger partial charge in [0.05, 0.1) is 27.7 Å². The maximum Gasteiger partial charge on any atom is 0.264 e. The van der Waals surface area contributed by atoms with Crippen molar-refractivity contribution in [1.82, 2.24) is 0 Å². The predicted molar refractivity (Wildman–Crippen MR) is 112 cm³/mol. The quantitative estimate of drug-likeness (QED) is 0.710. The van der Waals surface area contributed by atoms with Gasteiger partial charge in [-0.2, -0.15) is 0 Å². The summed E-state index contributed by atoms with van der Waals surface area (Å²) in [5, 5.41) is 10.2. The van der Waals surface area contributed by atoms with Gasteiger partial charge < -0.3 is 10.7 Å². The van der Waals surface area contributed by atoms with E-state index in [2.05, 4.69) is 5.32 Å². The Bertz CT molecular complexity index is 1020. The smallest absolute Gasteiger partial charge is 0.264 e. The number of nitrogens with zero attached hydrogens (tertiary/aromatic N) is 1. The van der Waals surface area contributed by atoms with E-state index in [1.165, 1.54) is 29.4 Å². The molecule has 0 fully saturated rings. The van der Waals surface area contributed by atoms with Crippen LogP contribution < -0.4 is 9.62 Å². The summed E-state index contributed by atoms with van der Waals surface area (Å²) < 4.78 is 28.2. The normalized spacial score (nSPS) is 14.1. The minimum atomic E-state index is -3.82. The average molecular weight is 420 g/mol. The Labute approximate surface area is 170 Å². The van der Waals surface area contributed by atoms with E-state index in [1.807, 2.05) is 24.3 Å². The van der Waals surface area contributed by atoms with Crippen LogP contribution in [-0.4, -0.2) is 26.6 Å². The Morgan fingerprint density at radius 3 is 2.71 bits per heavy atom. The van der Waals surface area contributed by atoms with Gasteiger partial charge in [0.25, 0.3) is 10.0 Å². The number of hydrogen-bond donors (Lipinski definition) is 2. The van der Waals surface area contributed by atoms with Crippen LogP contribution in [0.3, 0.4) is 0 Å². The van der Waals surface area contributed by atoms with Crippen molar-refractivity contribution in [2.24, 2.45) is 0 Å². The van der Waals surface area contributed by atoms with Gasteiger partial charge in [0.1, 0.15) is 0 Å². The zero-order valence-corrected chi connectivity index (χ0v) is 17.1. The van der Waals surface area contributed by atoms with Gasteiger partial charge in [0.2, 0.25) is 5.91 Å². The summed E-state index contributed by atoms with van der Waals surface area (Å²) in [6, 6.07) is 11.8.